The molecule has 3 rings (SSSR count). The maximum atomic E-state index is 10.6. The van der Waals surface area contributed by atoms with E-state index in [9.17, 15) is 4.79 Å². The quantitative estimate of drug-likeness (QED) is 0.797. The largest absolute Gasteiger partial charge is 0.481 e. The van der Waals surface area contributed by atoms with Crippen LogP contribution in [-0.2, 0) is 11.2 Å². The summed E-state index contributed by atoms with van der Waals surface area (Å²) >= 11 is 1.53. The first kappa shape index (κ1) is 12.7. The SMILES string of the molecule is O=C(O)Cc1ccc(Sc2nccn3nccc23)cc1. The van der Waals surface area contributed by atoms with Gasteiger partial charge >= 0.3 is 5.97 Å². The fourth-order valence-corrected chi connectivity index (χ4v) is 2.75. The van der Waals surface area contributed by atoms with E-state index in [0.717, 1.165) is 21.0 Å². The van der Waals surface area contributed by atoms with E-state index in [-0.39, 0.29) is 6.42 Å². The number of carboxylic acids is 1. The Kier molecular flexibility index (Phi) is 3.39. The van der Waals surface area contributed by atoms with Gasteiger partial charge in [0.2, 0.25) is 0 Å². The molecule has 0 aliphatic carbocycles. The fraction of sp³-hybridized carbons (Fsp3) is 0.0714. The molecule has 20 heavy (non-hydrogen) atoms. The molecule has 2 heterocycles. The molecule has 0 saturated heterocycles. The average molecular weight is 285 g/mol. The van der Waals surface area contributed by atoms with Crippen molar-refractivity contribution in [3.63, 3.8) is 0 Å². The van der Waals surface area contributed by atoms with Crippen LogP contribution in [0.15, 0.2) is 58.8 Å². The topological polar surface area (TPSA) is 67.5 Å². The number of rotatable bonds is 4. The Morgan fingerprint density at radius 1 is 1.20 bits per heavy atom. The number of nitrogens with zero attached hydrogens (tertiary/aromatic N) is 3. The van der Waals surface area contributed by atoms with Crippen molar-refractivity contribution in [1.82, 2.24) is 14.6 Å². The summed E-state index contributed by atoms with van der Waals surface area (Å²) < 4.78 is 1.77. The molecular formula is C14H11N3O2S. The highest BCUT2D eigenvalue weighted by Crippen LogP contribution is 2.29. The maximum absolute atomic E-state index is 10.6. The molecule has 1 N–H and O–H groups in total. The van der Waals surface area contributed by atoms with Crippen LogP contribution in [0.3, 0.4) is 0 Å². The summed E-state index contributed by atoms with van der Waals surface area (Å²) in [5.41, 5.74) is 1.74. The number of carboxylic acid groups (broad SMARTS) is 1. The molecule has 2 aromatic heterocycles. The molecule has 0 aliphatic heterocycles. The number of benzene rings is 1. The molecule has 0 atom stereocenters. The third-order valence-electron chi connectivity index (χ3n) is 2.78. The van der Waals surface area contributed by atoms with Gasteiger partial charge in [-0.05, 0) is 23.8 Å². The van der Waals surface area contributed by atoms with E-state index in [4.69, 9.17) is 5.11 Å². The van der Waals surface area contributed by atoms with Crippen LogP contribution in [0.4, 0.5) is 0 Å². The van der Waals surface area contributed by atoms with Crippen molar-refractivity contribution in [2.24, 2.45) is 0 Å². The number of hydrogen-bond donors (Lipinski definition) is 1. The number of fused-ring (bicyclic) bond motifs is 1. The Balaban J connectivity index is 1.84. The average Bonchev–Trinajstić information content (AvgIpc) is 2.90. The van der Waals surface area contributed by atoms with Gasteiger partial charge in [-0.1, -0.05) is 23.9 Å². The highest BCUT2D eigenvalue weighted by Gasteiger charge is 2.06. The van der Waals surface area contributed by atoms with Crippen LogP contribution < -0.4 is 0 Å². The lowest BCUT2D eigenvalue weighted by Crippen LogP contribution is -1.99. The van der Waals surface area contributed by atoms with Crippen LogP contribution in [0.5, 0.6) is 0 Å². The third kappa shape index (κ3) is 2.65. The Bertz CT molecular complexity index is 752. The fourth-order valence-electron chi connectivity index (χ4n) is 1.87. The van der Waals surface area contributed by atoms with Crippen molar-refractivity contribution in [3.05, 3.63) is 54.5 Å². The Morgan fingerprint density at radius 2 is 2.00 bits per heavy atom. The van der Waals surface area contributed by atoms with Crippen LogP contribution >= 0.6 is 11.8 Å². The van der Waals surface area contributed by atoms with Gasteiger partial charge in [-0.15, -0.1) is 0 Å². The van der Waals surface area contributed by atoms with E-state index in [1.165, 1.54) is 11.8 Å². The predicted molar refractivity (Wildman–Crippen MR) is 74.9 cm³/mol. The van der Waals surface area contributed by atoms with Crippen molar-refractivity contribution < 1.29 is 9.90 Å². The lowest BCUT2D eigenvalue weighted by Gasteiger charge is -2.04. The van der Waals surface area contributed by atoms with E-state index >= 15 is 0 Å². The van der Waals surface area contributed by atoms with Gasteiger partial charge in [0.1, 0.15) is 5.03 Å². The summed E-state index contributed by atoms with van der Waals surface area (Å²) in [6, 6.07) is 9.38. The van der Waals surface area contributed by atoms with Gasteiger partial charge in [0.15, 0.2) is 0 Å². The second-order valence-electron chi connectivity index (χ2n) is 4.21. The summed E-state index contributed by atoms with van der Waals surface area (Å²) in [7, 11) is 0. The van der Waals surface area contributed by atoms with E-state index in [1.807, 2.05) is 30.3 Å². The first-order chi connectivity index (χ1) is 9.72. The van der Waals surface area contributed by atoms with E-state index in [1.54, 1.807) is 23.1 Å². The molecule has 0 aliphatic rings. The smallest absolute Gasteiger partial charge is 0.307 e. The van der Waals surface area contributed by atoms with Gasteiger partial charge in [0.05, 0.1) is 18.1 Å². The summed E-state index contributed by atoms with van der Waals surface area (Å²) in [6.07, 6.45) is 5.29. The first-order valence-electron chi connectivity index (χ1n) is 5.99. The Morgan fingerprint density at radius 3 is 2.75 bits per heavy atom. The van der Waals surface area contributed by atoms with Crippen molar-refractivity contribution >= 4 is 23.2 Å². The summed E-state index contributed by atoms with van der Waals surface area (Å²) in [6.45, 7) is 0. The number of carbonyl (C=O) groups is 1. The molecule has 0 bridgehead atoms. The molecule has 0 fully saturated rings. The van der Waals surface area contributed by atoms with Crippen LogP contribution in [0, 0.1) is 0 Å². The monoisotopic (exact) mass is 285 g/mol. The minimum atomic E-state index is -0.823. The normalized spacial score (nSPS) is 10.8. The highest BCUT2D eigenvalue weighted by atomic mass is 32.2. The van der Waals surface area contributed by atoms with Gasteiger partial charge in [-0.2, -0.15) is 5.10 Å². The zero-order chi connectivity index (χ0) is 13.9. The van der Waals surface area contributed by atoms with Crippen molar-refractivity contribution in [1.29, 1.82) is 0 Å². The van der Waals surface area contributed by atoms with E-state index < -0.39 is 5.97 Å². The van der Waals surface area contributed by atoms with E-state index in [2.05, 4.69) is 10.1 Å². The van der Waals surface area contributed by atoms with Gasteiger partial charge < -0.3 is 5.11 Å². The molecule has 0 amide bonds. The predicted octanol–water partition coefficient (Wildman–Crippen LogP) is 2.51. The molecule has 0 unspecified atom stereocenters. The molecule has 0 radical (unpaired) electrons. The lowest BCUT2D eigenvalue weighted by molar-refractivity contribution is -0.136. The first-order valence-corrected chi connectivity index (χ1v) is 6.81. The second-order valence-corrected chi connectivity index (χ2v) is 5.27. The zero-order valence-electron chi connectivity index (χ0n) is 10.4. The molecule has 6 heteroatoms. The molecule has 1 aromatic carbocycles. The number of aromatic nitrogens is 3. The van der Waals surface area contributed by atoms with E-state index in [0.29, 0.717) is 0 Å². The van der Waals surface area contributed by atoms with Crippen LogP contribution in [-0.4, -0.2) is 25.7 Å². The maximum Gasteiger partial charge on any atom is 0.307 e. The van der Waals surface area contributed by atoms with Crippen molar-refractivity contribution in [3.8, 4) is 0 Å². The third-order valence-corrected chi connectivity index (χ3v) is 3.80. The minimum absolute atomic E-state index is 0.0431. The minimum Gasteiger partial charge on any atom is -0.481 e. The highest BCUT2D eigenvalue weighted by molar-refractivity contribution is 7.99. The summed E-state index contributed by atoms with van der Waals surface area (Å²) in [5.74, 6) is -0.823. The molecule has 0 spiro atoms. The Labute approximate surface area is 119 Å². The molecular weight excluding hydrogens is 274 g/mol. The van der Waals surface area contributed by atoms with Crippen LogP contribution in [0.25, 0.3) is 5.52 Å². The summed E-state index contributed by atoms with van der Waals surface area (Å²) in [4.78, 5) is 16.0. The second kappa shape index (κ2) is 5.34. The zero-order valence-corrected chi connectivity index (χ0v) is 11.2. The molecule has 3 aromatic rings. The van der Waals surface area contributed by atoms with Crippen molar-refractivity contribution in [2.45, 2.75) is 16.3 Å². The van der Waals surface area contributed by atoms with Gasteiger partial charge in [0, 0.05) is 17.3 Å². The van der Waals surface area contributed by atoms with Crippen LogP contribution in [0.1, 0.15) is 5.56 Å². The Hall–Kier alpha value is -2.34. The summed E-state index contributed by atoms with van der Waals surface area (Å²) in [5, 5.41) is 13.8. The van der Waals surface area contributed by atoms with Crippen LogP contribution in [0.2, 0.25) is 0 Å². The molecule has 100 valence electrons. The lowest BCUT2D eigenvalue weighted by atomic mass is 10.2. The van der Waals surface area contributed by atoms with Gasteiger partial charge in [-0.3, -0.25) is 4.79 Å². The number of hydrogen-bond acceptors (Lipinski definition) is 4. The number of aliphatic carboxylic acids is 1. The standard InChI is InChI=1S/C14H11N3O2S/c18-13(19)9-10-1-3-11(4-2-10)20-14-12-5-6-16-17(12)8-7-15-14/h1-8H,9H2,(H,18,19). The molecule has 0 saturated carbocycles. The molecule has 5 nitrogen and oxygen atoms in total. The van der Waals surface area contributed by atoms with Crippen molar-refractivity contribution in [2.75, 3.05) is 0 Å². The van der Waals surface area contributed by atoms with Gasteiger partial charge in [0.25, 0.3) is 0 Å². The van der Waals surface area contributed by atoms with Gasteiger partial charge in [-0.25, -0.2) is 9.50 Å².